The first kappa shape index (κ1) is 17.6. The number of carbonyl (C=O) groups is 1. The van der Waals surface area contributed by atoms with Crippen molar-refractivity contribution in [1.29, 1.82) is 0 Å². The van der Waals surface area contributed by atoms with E-state index in [0.29, 0.717) is 30.5 Å². The van der Waals surface area contributed by atoms with Crippen molar-refractivity contribution in [2.75, 3.05) is 13.7 Å². The molecule has 3 heterocycles. The van der Waals surface area contributed by atoms with Gasteiger partial charge in [-0.25, -0.2) is 0 Å². The monoisotopic (exact) mass is 350 g/mol. The van der Waals surface area contributed by atoms with Gasteiger partial charge in [0.25, 0.3) is 0 Å². The molecule has 0 aromatic heterocycles. The van der Waals surface area contributed by atoms with E-state index in [9.17, 15) is 4.79 Å². The molecular weight excluding hydrogens is 324 g/mol. The number of rotatable bonds is 3. The van der Waals surface area contributed by atoms with Crippen LogP contribution in [0.15, 0.2) is 24.3 Å². The van der Waals surface area contributed by atoms with Gasteiger partial charge in [-0.15, -0.1) is 12.4 Å². The van der Waals surface area contributed by atoms with Crippen LogP contribution >= 0.6 is 12.4 Å². The molecule has 132 valence electrons. The number of hydrogen-bond donors (Lipinski definition) is 1. The Kier molecular flexibility index (Phi) is 5.36. The SMILES string of the molecule is CN(C(=O)CC1CCOc2ccccc21)C1CC2CCC(C1)N2.Cl. The number of benzene rings is 1. The van der Waals surface area contributed by atoms with Gasteiger partial charge in [0.1, 0.15) is 5.75 Å². The molecule has 3 atom stereocenters. The molecule has 5 heteroatoms. The van der Waals surface area contributed by atoms with Crippen molar-refractivity contribution in [3.63, 3.8) is 0 Å². The van der Waals surface area contributed by atoms with E-state index in [2.05, 4.69) is 11.4 Å². The van der Waals surface area contributed by atoms with Gasteiger partial charge in [-0.2, -0.15) is 0 Å². The predicted octanol–water partition coefficient (Wildman–Crippen LogP) is 3.11. The zero-order chi connectivity index (χ0) is 15.8. The molecule has 1 aromatic carbocycles. The lowest BCUT2D eigenvalue weighted by atomic mass is 9.89. The highest BCUT2D eigenvalue weighted by atomic mass is 35.5. The van der Waals surface area contributed by atoms with Crippen LogP contribution in [0.1, 0.15) is 50.0 Å². The second kappa shape index (κ2) is 7.32. The molecule has 1 N–H and O–H groups in total. The van der Waals surface area contributed by atoms with Crippen LogP contribution in [0.4, 0.5) is 0 Å². The zero-order valence-electron chi connectivity index (χ0n) is 14.2. The number of piperidine rings is 1. The summed E-state index contributed by atoms with van der Waals surface area (Å²) in [6, 6.07) is 9.82. The molecule has 3 aliphatic rings. The van der Waals surface area contributed by atoms with Gasteiger partial charge >= 0.3 is 0 Å². The van der Waals surface area contributed by atoms with Gasteiger partial charge in [0.15, 0.2) is 0 Å². The summed E-state index contributed by atoms with van der Waals surface area (Å²) in [5.41, 5.74) is 1.20. The molecule has 24 heavy (non-hydrogen) atoms. The van der Waals surface area contributed by atoms with Crippen LogP contribution in [0.3, 0.4) is 0 Å². The quantitative estimate of drug-likeness (QED) is 0.910. The molecule has 4 rings (SSSR count). The summed E-state index contributed by atoms with van der Waals surface area (Å²) in [6.07, 6.45) is 6.32. The average Bonchev–Trinajstić information content (AvgIpc) is 2.92. The molecule has 3 unspecified atom stereocenters. The Morgan fingerprint density at radius 2 is 1.92 bits per heavy atom. The Labute approximate surface area is 150 Å². The minimum atomic E-state index is 0. The number of carbonyl (C=O) groups excluding carboxylic acids is 1. The lowest BCUT2D eigenvalue weighted by Gasteiger charge is -2.36. The second-order valence-corrected chi connectivity index (χ2v) is 7.34. The van der Waals surface area contributed by atoms with Crippen LogP contribution in [-0.4, -0.2) is 42.6 Å². The Morgan fingerprint density at radius 3 is 2.67 bits per heavy atom. The molecule has 0 saturated carbocycles. The summed E-state index contributed by atoms with van der Waals surface area (Å²) in [7, 11) is 2.00. The Balaban J connectivity index is 0.00000169. The topological polar surface area (TPSA) is 41.6 Å². The molecule has 2 bridgehead atoms. The molecule has 2 saturated heterocycles. The number of fused-ring (bicyclic) bond motifs is 3. The molecule has 0 radical (unpaired) electrons. The first-order valence-corrected chi connectivity index (χ1v) is 8.94. The maximum Gasteiger partial charge on any atom is 0.223 e. The van der Waals surface area contributed by atoms with Crippen LogP contribution in [0.2, 0.25) is 0 Å². The standard InChI is InChI=1S/C19H26N2O2.ClH/c1-21(16-11-14-6-7-15(12-16)20-14)19(22)10-13-8-9-23-18-5-3-2-4-17(13)18;/h2-5,13-16,20H,6-12H2,1H3;1H. The van der Waals surface area contributed by atoms with Crippen LogP contribution in [-0.2, 0) is 4.79 Å². The lowest BCUT2D eigenvalue weighted by Crippen LogP contribution is -2.49. The van der Waals surface area contributed by atoms with E-state index < -0.39 is 0 Å². The normalized spacial score (nSPS) is 30.7. The lowest BCUT2D eigenvalue weighted by molar-refractivity contribution is -0.133. The number of hydrogen-bond acceptors (Lipinski definition) is 3. The third-order valence-corrected chi connectivity index (χ3v) is 5.89. The summed E-state index contributed by atoms with van der Waals surface area (Å²) >= 11 is 0. The third-order valence-electron chi connectivity index (χ3n) is 5.89. The van der Waals surface area contributed by atoms with Crippen molar-refractivity contribution < 1.29 is 9.53 Å². The average molecular weight is 351 g/mol. The van der Waals surface area contributed by atoms with Crippen LogP contribution in [0.5, 0.6) is 5.75 Å². The Hall–Kier alpha value is -1.26. The fraction of sp³-hybridized carbons (Fsp3) is 0.632. The van der Waals surface area contributed by atoms with Gasteiger partial charge in [-0.1, -0.05) is 18.2 Å². The van der Waals surface area contributed by atoms with E-state index in [-0.39, 0.29) is 18.3 Å². The van der Waals surface area contributed by atoms with Gasteiger partial charge in [0.05, 0.1) is 6.61 Å². The van der Waals surface area contributed by atoms with E-state index in [1.807, 2.05) is 30.1 Å². The highest BCUT2D eigenvalue weighted by Gasteiger charge is 2.37. The summed E-state index contributed by atoms with van der Waals surface area (Å²) in [4.78, 5) is 14.9. The van der Waals surface area contributed by atoms with Crippen molar-refractivity contribution in [1.82, 2.24) is 10.2 Å². The number of nitrogens with one attached hydrogen (secondary N) is 1. The van der Waals surface area contributed by atoms with Crippen LogP contribution in [0.25, 0.3) is 0 Å². The fourth-order valence-electron chi connectivity index (χ4n) is 4.53. The predicted molar refractivity (Wildman–Crippen MR) is 96.9 cm³/mol. The molecule has 3 aliphatic heterocycles. The molecular formula is C19H27ClN2O2. The first-order valence-electron chi connectivity index (χ1n) is 8.94. The fourth-order valence-corrected chi connectivity index (χ4v) is 4.53. The van der Waals surface area contributed by atoms with E-state index in [4.69, 9.17) is 4.74 Å². The van der Waals surface area contributed by atoms with E-state index in [0.717, 1.165) is 31.6 Å². The summed E-state index contributed by atoms with van der Waals surface area (Å²) in [5.74, 6) is 1.55. The van der Waals surface area contributed by atoms with Gasteiger partial charge in [-0.05, 0) is 49.7 Å². The van der Waals surface area contributed by atoms with Crippen molar-refractivity contribution in [2.45, 2.75) is 62.6 Å². The maximum atomic E-state index is 12.8. The van der Waals surface area contributed by atoms with Crippen LogP contribution in [0, 0.1) is 0 Å². The van der Waals surface area contributed by atoms with Crippen molar-refractivity contribution >= 4 is 18.3 Å². The van der Waals surface area contributed by atoms with E-state index in [1.54, 1.807) is 0 Å². The highest BCUT2D eigenvalue weighted by molar-refractivity contribution is 5.85. The molecule has 0 spiro atoms. The minimum absolute atomic E-state index is 0. The number of nitrogens with zero attached hydrogens (tertiary/aromatic N) is 1. The number of ether oxygens (including phenoxy) is 1. The second-order valence-electron chi connectivity index (χ2n) is 7.34. The molecule has 4 nitrogen and oxygen atoms in total. The summed E-state index contributed by atoms with van der Waals surface area (Å²) < 4.78 is 5.72. The van der Waals surface area contributed by atoms with Crippen LogP contribution < -0.4 is 10.1 Å². The van der Waals surface area contributed by atoms with Crippen molar-refractivity contribution in [3.8, 4) is 5.75 Å². The van der Waals surface area contributed by atoms with E-state index >= 15 is 0 Å². The van der Waals surface area contributed by atoms with Gasteiger partial charge in [0, 0.05) is 31.6 Å². The molecule has 1 amide bonds. The maximum absolute atomic E-state index is 12.8. The van der Waals surface area contributed by atoms with Crippen molar-refractivity contribution in [3.05, 3.63) is 29.8 Å². The van der Waals surface area contributed by atoms with Gasteiger partial charge in [0.2, 0.25) is 5.91 Å². The number of para-hydroxylation sites is 1. The first-order chi connectivity index (χ1) is 11.2. The number of halogens is 1. The highest BCUT2D eigenvalue weighted by Crippen LogP contribution is 2.36. The molecule has 1 aromatic rings. The van der Waals surface area contributed by atoms with Gasteiger partial charge < -0.3 is 15.0 Å². The third kappa shape index (κ3) is 3.40. The minimum Gasteiger partial charge on any atom is -0.493 e. The molecule has 2 fully saturated rings. The Morgan fingerprint density at radius 1 is 1.21 bits per heavy atom. The van der Waals surface area contributed by atoms with Crippen molar-refractivity contribution in [2.24, 2.45) is 0 Å². The Bertz CT molecular complexity index is 582. The zero-order valence-corrected chi connectivity index (χ0v) is 15.1. The number of amides is 1. The summed E-state index contributed by atoms with van der Waals surface area (Å²) in [5, 5.41) is 3.65. The van der Waals surface area contributed by atoms with Gasteiger partial charge in [-0.3, -0.25) is 4.79 Å². The largest absolute Gasteiger partial charge is 0.493 e. The summed E-state index contributed by atoms with van der Waals surface area (Å²) in [6.45, 7) is 0.718. The smallest absolute Gasteiger partial charge is 0.223 e. The van der Waals surface area contributed by atoms with E-state index in [1.165, 1.54) is 18.4 Å². The molecule has 0 aliphatic carbocycles.